The van der Waals surface area contributed by atoms with Crippen molar-refractivity contribution in [1.29, 1.82) is 0 Å². The van der Waals surface area contributed by atoms with Crippen molar-refractivity contribution in [3.63, 3.8) is 0 Å². The predicted molar refractivity (Wildman–Crippen MR) is 429 cm³/mol. The van der Waals surface area contributed by atoms with E-state index in [-0.39, 0.29) is 11.1 Å². The molecule has 5 nitrogen and oxygen atoms in total. The Bertz CT molecular complexity index is 6900. The largest absolute Gasteiger partial charge is 0.457 e. The van der Waals surface area contributed by atoms with Crippen LogP contribution in [-0.4, -0.2) is 8.97 Å². The highest BCUT2D eigenvalue weighted by Gasteiger charge is 2.50. The number of hydrogen-bond donors (Lipinski definition) is 0. The molecule has 21 rings (SSSR count). The molecule has 0 bridgehead atoms. The maximum Gasteiger partial charge on any atom is 0.263 e. The van der Waals surface area contributed by atoms with Crippen LogP contribution in [0.4, 0.5) is 0 Å². The van der Waals surface area contributed by atoms with E-state index in [1.165, 1.54) is 11.1 Å². The third-order valence-electron chi connectivity index (χ3n) is 22.1. The van der Waals surface area contributed by atoms with E-state index in [2.05, 4.69) is 315 Å². The molecule has 0 saturated carbocycles. The molecule has 484 valence electrons. The first-order valence-corrected chi connectivity index (χ1v) is 35.5. The van der Waals surface area contributed by atoms with Gasteiger partial charge in [0.25, 0.3) is 11.1 Å². The van der Waals surface area contributed by atoms with E-state index in [0.29, 0.717) is 10.8 Å². The zero-order valence-electron chi connectivity index (χ0n) is 56.3. The van der Waals surface area contributed by atoms with Crippen molar-refractivity contribution in [3.05, 3.63) is 407 Å². The Kier molecular flexibility index (Phi) is 13.2. The number of pyridine rings is 2. The monoisotopic (exact) mass is 1320 g/mol. The van der Waals surface area contributed by atoms with E-state index in [0.717, 1.165) is 177 Å². The van der Waals surface area contributed by atoms with Crippen LogP contribution < -0.4 is 15.9 Å². The Morgan fingerprint density at radius 3 is 1.02 bits per heavy atom. The van der Waals surface area contributed by atoms with Crippen LogP contribution in [0.3, 0.4) is 0 Å². The fourth-order valence-corrected chi connectivity index (χ4v) is 17.3. The molecule has 0 aliphatic carbocycles. The smallest absolute Gasteiger partial charge is 0.263 e. The number of fused-ring (bicyclic) bond motifs is 15. The van der Waals surface area contributed by atoms with Crippen LogP contribution in [0.15, 0.2) is 374 Å². The highest BCUT2D eigenvalue weighted by Crippen LogP contribution is 2.60. The van der Waals surface area contributed by atoms with Crippen LogP contribution in [0.2, 0.25) is 0 Å². The Hall–Kier alpha value is -13.7. The first-order valence-electron chi connectivity index (χ1n) is 35.5. The van der Waals surface area contributed by atoms with Gasteiger partial charge in [-0.3, -0.25) is 18.6 Å². The van der Waals surface area contributed by atoms with Crippen molar-refractivity contribution in [2.45, 2.75) is 5.41 Å². The number of aromatic nitrogens is 2. The normalized spacial score (nSPS) is 12.7. The summed E-state index contributed by atoms with van der Waals surface area (Å²) in [5, 5.41) is 7.33. The van der Waals surface area contributed by atoms with Crippen molar-refractivity contribution < 1.29 is 4.74 Å². The van der Waals surface area contributed by atoms with Crippen molar-refractivity contribution in [2.75, 3.05) is 0 Å². The minimum Gasteiger partial charge on any atom is -0.457 e. The fraction of sp³-hybridized carbons (Fsp3) is 0.0101. The van der Waals surface area contributed by atoms with Gasteiger partial charge in [0.1, 0.15) is 11.5 Å². The summed E-state index contributed by atoms with van der Waals surface area (Å²) in [4.78, 5) is 30.2. The molecule has 0 saturated heterocycles. The zero-order chi connectivity index (χ0) is 68.7. The van der Waals surface area contributed by atoms with Crippen LogP contribution in [-0.2, 0) is 5.41 Å². The van der Waals surface area contributed by atoms with Gasteiger partial charge in [-0.05, 0) is 231 Å². The molecule has 5 heteroatoms. The number of benzene rings is 16. The number of hydrogen-bond acceptors (Lipinski definition) is 3. The Morgan fingerprint density at radius 1 is 0.212 bits per heavy atom. The SMILES string of the molecule is O=c1c2ccccc2c2cc(-c3cccc(-c4cccc(-c5cccc(-c6cccc(-c7cc8c9ccccc9c(=O)n9c%10ccc(-c%11cccc(-c%12cccc(-c%13ccccc%13)c%12)c%11)cc%10c(c7)c89)c6)c5)c4)c3)cc3c2n1-c1ccc(-c2ccccc2)cc1C31c2ccccc2Oc2ccccc21. The molecule has 16 aromatic carbocycles. The van der Waals surface area contributed by atoms with Gasteiger partial charge in [-0.15, -0.1) is 0 Å². The van der Waals surface area contributed by atoms with Crippen LogP contribution in [0.1, 0.15) is 22.3 Å². The van der Waals surface area contributed by atoms with Gasteiger partial charge in [0, 0.05) is 43.4 Å². The number of nitrogens with zero attached hydrogens (tertiary/aromatic N) is 2. The molecule has 2 aliphatic rings. The molecule has 0 N–H and O–H groups in total. The van der Waals surface area contributed by atoms with Crippen molar-refractivity contribution >= 4 is 59.6 Å². The molecular weight excluding hydrogens is 1270 g/mol. The molecule has 104 heavy (non-hydrogen) atoms. The number of rotatable bonds is 9. The van der Waals surface area contributed by atoms with Gasteiger partial charge in [-0.25, -0.2) is 0 Å². The molecule has 0 fully saturated rings. The summed E-state index contributed by atoms with van der Waals surface area (Å²) in [6.07, 6.45) is 0. The van der Waals surface area contributed by atoms with Gasteiger partial charge in [0.05, 0.1) is 27.7 Å². The van der Waals surface area contributed by atoms with E-state index in [9.17, 15) is 4.79 Å². The van der Waals surface area contributed by atoms with Gasteiger partial charge in [0.2, 0.25) is 0 Å². The molecule has 0 radical (unpaired) electrons. The average Bonchev–Trinajstić information content (AvgIpc) is 0.847. The van der Waals surface area contributed by atoms with Crippen LogP contribution in [0.5, 0.6) is 11.5 Å². The van der Waals surface area contributed by atoms with Crippen molar-refractivity contribution in [2.24, 2.45) is 0 Å². The van der Waals surface area contributed by atoms with E-state index < -0.39 is 5.41 Å². The summed E-state index contributed by atoms with van der Waals surface area (Å²) in [6, 6.07) is 130. The first kappa shape index (κ1) is 59.2. The lowest BCUT2D eigenvalue weighted by molar-refractivity contribution is 0.434. The summed E-state index contributed by atoms with van der Waals surface area (Å²) in [5.41, 5.74) is 26.5. The van der Waals surface area contributed by atoms with E-state index in [1.807, 2.05) is 57.5 Å². The van der Waals surface area contributed by atoms with Gasteiger partial charge >= 0.3 is 0 Å². The van der Waals surface area contributed by atoms with Crippen LogP contribution >= 0.6 is 0 Å². The van der Waals surface area contributed by atoms with Crippen LogP contribution in [0, 0.1) is 0 Å². The lowest BCUT2D eigenvalue weighted by Crippen LogP contribution is -2.40. The van der Waals surface area contributed by atoms with E-state index >= 15 is 4.79 Å². The maximum absolute atomic E-state index is 15.4. The maximum atomic E-state index is 15.4. The fourth-order valence-electron chi connectivity index (χ4n) is 17.3. The summed E-state index contributed by atoms with van der Waals surface area (Å²) in [5.74, 6) is 1.56. The summed E-state index contributed by atoms with van der Waals surface area (Å²) >= 11 is 0. The third kappa shape index (κ3) is 9.07. The van der Waals surface area contributed by atoms with Crippen molar-refractivity contribution in [1.82, 2.24) is 8.97 Å². The molecule has 5 heterocycles. The lowest BCUT2D eigenvalue weighted by atomic mass is 9.61. The Labute approximate surface area is 599 Å². The second-order valence-electron chi connectivity index (χ2n) is 27.7. The summed E-state index contributed by atoms with van der Waals surface area (Å²) in [7, 11) is 0. The highest BCUT2D eigenvalue weighted by atomic mass is 16.5. The minimum atomic E-state index is -0.905. The van der Waals surface area contributed by atoms with Crippen molar-refractivity contribution in [3.8, 4) is 117 Å². The molecule has 0 atom stereocenters. The second kappa shape index (κ2) is 23.2. The van der Waals surface area contributed by atoms with Gasteiger partial charge in [-0.1, -0.05) is 255 Å². The predicted octanol–water partition coefficient (Wildman–Crippen LogP) is 24.5. The standard InChI is InChI=1S/C99H60N2O3/c102-97-81-39-9-7-37-79(81)84-56-77(57-86-83-55-75(45-47-91(83)100(97)95(84)86)72-34-18-31-69(52-72)64-26-15-25-63(49-64)61-21-3-1-4-22-61)73-35-19-32-70(53-73)67-29-16-27-65(50-67)66-28-17-30-68(51-66)71-33-20-36-74(54-71)78-58-85-80-38-8-10-40-82(80)98(103)101-92-48-46-76(62-23-5-2-6-24-62)59-89(92)99(90(60-78)96(85)101)87-41-11-13-43-93(87)104-94-44-14-12-42-88(94)99/h1-60H. The molecule has 0 amide bonds. The van der Waals surface area contributed by atoms with Crippen LogP contribution in [0.25, 0.3) is 165 Å². The zero-order valence-corrected chi connectivity index (χ0v) is 56.3. The molecule has 3 aromatic heterocycles. The number of ether oxygens (including phenoxy) is 1. The first-order chi connectivity index (χ1) is 51.4. The topological polar surface area (TPSA) is 52.7 Å². The van der Waals surface area contributed by atoms with E-state index in [4.69, 9.17) is 4.74 Å². The minimum absolute atomic E-state index is 0.0129. The number of para-hydroxylation sites is 2. The summed E-state index contributed by atoms with van der Waals surface area (Å²) in [6.45, 7) is 0. The second-order valence-corrected chi connectivity index (χ2v) is 27.7. The molecule has 19 aromatic rings. The van der Waals surface area contributed by atoms with Gasteiger partial charge < -0.3 is 4.74 Å². The molecule has 1 spiro atoms. The molecular formula is C99H60N2O3. The van der Waals surface area contributed by atoms with Gasteiger partial charge in [-0.2, -0.15) is 0 Å². The Balaban J connectivity index is 0.659. The lowest BCUT2D eigenvalue weighted by Gasteiger charge is -2.45. The molecule has 2 aliphatic heterocycles. The molecule has 0 unspecified atom stereocenters. The Morgan fingerprint density at radius 2 is 0.538 bits per heavy atom. The summed E-state index contributed by atoms with van der Waals surface area (Å²) < 4.78 is 10.8. The average molecular weight is 1330 g/mol. The van der Waals surface area contributed by atoms with E-state index in [1.54, 1.807) is 0 Å². The van der Waals surface area contributed by atoms with Gasteiger partial charge in [0.15, 0.2) is 0 Å². The third-order valence-corrected chi connectivity index (χ3v) is 22.1. The highest BCUT2D eigenvalue weighted by molar-refractivity contribution is 6.22. The quantitative estimate of drug-likeness (QED) is 0.135.